The van der Waals surface area contributed by atoms with Gasteiger partial charge in [-0.25, -0.2) is 0 Å². The topological polar surface area (TPSA) is 21.3 Å². The summed E-state index contributed by atoms with van der Waals surface area (Å²) in [6.07, 6.45) is 5.51. The van der Waals surface area contributed by atoms with Crippen LogP contribution in [0.4, 0.5) is 0 Å². The second kappa shape index (κ2) is 5.55. The standard InChI is InChI=1S/C10H21NO/c1-3-9-5-4-6-10(9)11-7-8-12-2/h9-11H,3-8H2,1-2H3. The van der Waals surface area contributed by atoms with E-state index in [0.717, 1.165) is 25.1 Å². The predicted molar refractivity (Wildman–Crippen MR) is 51.3 cm³/mol. The molecule has 0 spiro atoms. The Morgan fingerprint density at radius 1 is 1.42 bits per heavy atom. The molecule has 2 unspecified atom stereocenters. The molecule has 1 fully saturated rings. The molecule has 1 rings (SSSR count). The first-order valence-electron chi connectivity index (χ1n) is 5.10. The van der Waals surface area contributed by atoms with Crippen molar-refractivity contribution in [3.8, 4) is 0 Å². The van der Waals surface area contributed by atoms with Crippen molar-refractivity contribution in [1.29, 1.82) is 0 Å². The third-order valence-electron chi connectivity index (χ3n) is 2.90. The minimum absolute atomic E-state index is 0.769. The van der Waals surface area contributed by atoms with Gasteiger partial charge in [-0.15, -0.1) is 0 Å². The average molecular weight is 171 g/mol. The van der Waals surface area contributed by atoms with E-state index >= 15 is 0 Å². The quantitative estimate of drug-likeness (QED) is 0.637. The molecular formula is C10H21NO. The highest BCUT2D eigenvalue weighted by atomic mass is 16.5. The van der Waals surface area contributed by atoms with Gasteiger partial charge < -0.3 is 10.1 Å². The molecule has 2 atom stereocenters. The molecule has 0 bridgehead atoms. The van der Waals surface area contributed by atoms with E-state index < -0.39 is 0 Å². The summed E-state index contributed by atoms with van der Waals surface area (Å²) in [6, 6.07) is 0.769. The van der Waals surface area contributed by atoms with Gasteiger partial charge >= 0.3 is 0 Å². The van der Waals surface area contributed by atoms with Crippen LogP contribution in [0.15, 0.2) is 0 Å². The van der Waals surface area contributed by atoms with Gasteiger partial charge in [-0.3, -0.25) is 0 Å². The van der Waals surface area contributed by atoms with Gasteiger partial charge in [0, 0.05) is 19.7 Å². The Hall–Kier alpha value is -0.0800. The van der Waals surface area contributed by atoms with E-state index in [1.807, 2.05) is 0 Å². The maximum atomic E-state index is 5.01. The highest BCUT2D eigenvalue weighted by Crippen LogP contribution is 2.27. The second-order valence-electron chi connectivity index (χ2n) is 3.65. The third-order valence-corrected chi connectivity index (χ3v) is 2.90. The van der Waals surface area contributed by atoms with Gasteiger partial charge in [-0.05, 0) is 18.8 Å². The van der Waals surface area contributed by atoms with Gasteiger partial charge in [-0.1, -0.05) is 19.8 Å². The van der Waals surface area contributed by atoms with Gasteiger partial charge in [0.25, 0.3) is 0 Å². The smallest absolute Gasteiger partial charge is 0.0587 e. The van der Waals surface area contributed by atoms with Crippen molar-refractivity contribution in [3.05, 3.63) is 0 Å². The SMILES string of the molecule is CCC1CCCC1NCCOC. The van der Waals surface area contributed by atoms with E-state index in [1.165, 1.54) is 25.7 Å². The van der Waals surface area contributed by atoms with Crippen molar-refractivity contribution >= 4 is 0 Å². The number of hydrogen-bond donors (Lipinski definition) is 1. The Balaban J connectivity index is 2.12. The molecule has 1 N–H and O–H groups in total. The maximum Gasteiger partial charge on any atom is 0.0587 e. The van der Waals surface area contributed by atoms with Crippen LogP contribution in [-0.4, -0.2) is 26.3 Å². The van der Waals surface area contributed by atoms with Crippen LogP contribution in [0.3, 0.4) is 0 Å². The fraction of sp³-hybridized carbons (Fsp3) is 1.00. The molecule has 12 heavy (non-hydrogen) atoms. The zero-order valence-electron chi connectivity index (χ0n) is 8.31. The minimum Gasteiger partial charge on any atom is -0.383 e. The largest absolute Gasteiger partial charge is 0.383 e. The van der Waals surface area contributed by atoms with Gasteiger partial charge in [0.1, 0.15) is 0 Å². The first kappa shape index (κ1) is 10.0. The summed E-state index contributed by atoms with van der Waals surface area (Å²) in [5, 5.41) is 3.56. The molecule has 0 saturated heterocycles. The molecular weight excluding hydrogens is 150 g/mol. The normalized spacial score (nSPS) is 29.5. The fourth-order valence-electron chi connectivity index (χ4n) is 2.14. The summed E-state index contributed by atoms with van der Waals surface area (Å²) >= 11 is 0. The van der Waals surface area contributed by atoms with Crippen LogP contribution in [0.25, 0.3) is 0 Å². The number of rotatable bonds is 5. The Kier molecular flexibility index (Phi) is 4.62. The first-order chi connectivity index (χ1) is 5.88. The summed E-state index contributed by atoms with van der Waals surface area (Å²) in [6.45, 7) is 4.14. The summed E-state index contributed by atoms with van der Waals surface area (Å²) in [5.74, 6) is 0.918. The van der Waals surface area contributed by atoms with E-state index in [2.05, 4.69) is 12.2 Å². The summed E-state index contributed by atoms with van der Waals surface area (Å²) in [7, 11) is 1.76. The molecule has 0 heterocycles. The van der Waals surface area contributed by atoms with Crippen LogP contribution in [0, 0.1) is 5.92 Å². The van der Waals surface area contributed by atoms with Crippen molar-refractivity contribution in [2.24, 2.45) is 5.92 Å². The Bertz CT molecular complexity index is 116. The molecule has 0 aromatic rings. The molecule has 1 saturated carbocycles. The molecule has 1 aliphatic carbocycles. The van der Waals surface area contributed by atoms with E-state index in [-0.39, 0.29) is 0 Å². The van der Waals surface area contributed by atoms with Crippen molar-refractivity contribution in [1.82, 2.24) is 5.32 Å². The molecule has 2 nitrogen and oxygen atoms in total. The van der Waals surface area contributed by atoms with Crippen LogP contribution in [0.2, 0.25) is 0 Å². The Morgan fingerprint density at radius 2 is 2.25 bits per heavy atom. The van der Waals surface area contributed by atoms with Crippen LogP contribution in [0.5, 0.6) is 0 Å². The average Bonchev–Trinajstić information content (AvgIpc) is 2.52. The van der Waals surface area contributed by atoms with E-state index in [4.69, 9.17) is 4.74 Å². The first-order valence-corrected chi connectivity index (χ1v) is 5.10. The molecule has 0 amide bonds. The summed E-state index contributed by atoms with van der Waals surface area (Å²) in [4.78, 5) is 0. The number of ether oxygens (including phenoxy) is 1. The fourth-order valence-corrected chi connectivity index (χ4v) is 2.14. The lowest BCUT2D eigenvalue weighted by Gasteiger charge is -2.19. The summed E-state index contributed by atoms with van der Waals surface area (Å²) in [5.41, 5.74) is 0. The lowest BCUT2D eigenvalue weighted by Crippen LogP contribution is -2.34. The van der Waals surface area contributed by atoms with Crippen LogP contribution in [0.1, 0.15) is 32.6 Å². The zero-order chi connectivity index (χ0) is 8.81. The predicted octanol–water partition coefficient (Wildman–Crippen LogP) is 1.80. The number of hydrogen-bond acceptors (Lipinski definition) is 2. The molecule has 1 aliphatic rings. The van der Waals surface area contributed by atoms with E-state index in [9.17, 15) is 0 Å². The van der Waals surface area contributed by atoms with E-state index in [0.29, 0.717) is 0 Å². The van der Waals surface area contributed by atoms with Gasteiger partial charge in [0.05, 0.1) is 6.61 Å². The summed E-state index contributed by atoms with van der Waals surface area (Å²) < 4.78 is 5.01. The van der Waals surface area contributed by atoms with Crippen LogP contribution < -0.4 is 5.32 Å². The van der Waals surface area contributed by atoms with Crippen molar-refractivity contribution in [3.63, 3.8) is 0 Å². The minimum atomic E-state index is 0.769. The molecule has 0 aromatic heterocycles. The highest BCUT2D eigenvalue weighted by molar-refractivity contribution is 4.81. The Labute approximate surface area is 75.7 Å². The monoisotopic (exact) mass is 171 g/mol. The van der Waals surface area contributed by atoms with Gasteiger partial charge in [0.15, 0.2) is 0 Å². The lowest BCUT2D eigenvalue weighted by atomic mass is 10.0. The van der Waals surface area contributed by atoms with Crippen molar-refractivity contribution in [2.75, 3.05) is 20.3 Å². The van der Waals surface area contributed by atoms with Crippen molar-refractivity contribution in [2.45, 2.75) is 38.6 Å². The number of methoxy groups -OCH3 is 1. The zero-order valence-corrected chi connectivity index (χ0v) is 8.31. The lowest BCUT2D eigenvalue weighted by molar-refractivity contribution is 0.192. The van der Waals surface area contributed by atoms with Crippen LogP contribution >= 0.6 is 0 Å². The number of nitrogens with one attached hydrogen (secondary N) is 1. The third kappa shape index (κ3) is 2.76. The maximum absolute atomic E-state index is 5.01. The highest BCUT2D eigenvalue weighted by Gasteiger charge is 2.24. The van der Waals surface area contributed by atoms with E-state index in [1.54, 1.807) is 7.11 Å². The van der Waals surface area contributed by atoms with Gasteiger partial charge in [-0.2, -0.15) is 0 Å². The molecule has 72 valence electrons. The van der Waals surface area contributed by atoms with Gasteiger partial charge in [0.2, 0.25) is 0 Å². The molecule has 0 aliphatic heterocycles. The molecule has 0 radical (unpaired) electrons. The molecule has 0 aromatic carbocycles. The second-order valence-corrected chi connectivity index (χ2v) is 3.65. The Morgan fingerprint density at radius 3 is 2.92 bits per heavy atom. The molecule has 2 heteroatoms. The van der Waals surface area contributed by atoms with Crippen LogP contribution in [-0.2, 0) is 4.74 Å². The van der Waals surface area contributed by atoms with Crippen molar-refractivity contribution < 1.29 is 4.74 Å².